The van der Waals surface area contributed by atoms with E-state index in [1.165, 1.54) is 5.56 Å². The van der Waals surface area contributed by atoms with Crippen molar-refractivity contribution in [2.24, 2.45) is 0 Å². The highest BCUT2D eigenvalue weighted by atomic mass is 15.1. The molecule has 5 nitrogen and oxygen atoms in total. The Labute approximate surface area is 135 Å². The van der Waals surface area contributed by atoms with E-state index in [4.69, 9.17) is 5.26 Å². The molecule has 0 aliphatic carbocycles. The van der Waals surface area contributed by atoms with Crippen molar-refractivity contribution >= 4 is 17.2 Å². The van der Waals surface area contributed by atoms with Crippen LogP contribution < -0.4 is 0 Å². The Morgan fingerprint density at radius 1 is 1.13 bits per heavy atom. The zero-order valence-electron chi connectivity index (χ0n) is 12.8. The van der Waals surface area contributed by atoms with E-state index in [1.54, 1.807) is 12.7 Å². The number of allylic oxidation sites excluding steroid dienone is 1. The van der Waals surface area contributed by atoms with E-state index in [0.29, 0.717) is 6.42 Å². The molecule has 0 aliphatic heterocycles. The van der Waals surface area contributed by atoms with Crippen molar-refractivity contribution in [2.75, 3.05) is 0 Å². The number of rotatable bonds is 6. The maximum atomic E-state index is 8.54. The highest BCUT2D eigenvalue weighted by Crippen LogP contribution is 2.16. The van der Waals surface area contributed by atoms with Crippen LogP contribution in [0.5, 0.6) is 0 Å². The van der Waals surface area contributed by atoms with Crippen LogP contribution in [-0.4, -0.2) is 19.5 Å². The highest BCUT2D eigenvalue weighted by molar-refractivity contribution is 5.79. The lowest BCUT2D eigenvalue weighted by molar-refractivity contribution is 0.813. The van der Waals surface area contributed by atoms with Crippen LogP contribution >= 0.6 is 0 Å². The van der Waals surface area contributed by atoms with Gasteiger partial charge in [0.25, 0.3) is 0 Å². The molecule has 3 aromatic rings. The van der Waals surface area contributed by atoms with E-state index in [2.05, 4.69) is 33.2 Å². The fraction of sp³-hybridized carbons (Fsp3) is 0.222. The molecule has 1 aromatic carbocycles. The lowest BCUT2D eigenvalue weighted by Gasteiger charge is -2.03. The van der Waals surface area contributed by atoms with Gasteiger partial charge in [0, 0.05) is 6.42 Å². The first-order chi connectivity index (χ1) is 11.4. The van der Waals surface area contributed by atoms with Gasteiger partial charge in [0.2, 0.25) is 0 Å². The van der Waals surface area contributed by atoms with Crippen LogP contribution in [0.3, 0.4) is 0 Å². The molecular formula is C18H17N5. The Balaban J connectivity index is 1.81. The van der Waals surface area contributed by atoms with Gasteiger partial charge in [-0.1, -0.05) is 36.4 Å². The first-order valence-electron chi connectivity index (χ1n) is 7.62. The predicted molar refractivity (Wildman–Crippen MR) is 89.4 cm³/mol. The van der Waals surface area contributed by atoms with Gasteiger partial charge in [-0.05, 0) is 24.5 Å². The normalized spacial score (nSPS) is 11.1. The minimum Gasteiger partial charge on any atom is -0.311 e. The minimum absolute atomic E-state index is 0.579. The Hall–Kier alpha value is -3.00. The molecule has 3 rings (SSSR count). The zero-order chi connectivity index (χ0) is 15.9. The second kappa shape index (κ2) is 7.32. The summed E-state index contributed by atoms with van der Waals surface area (Å²) < 4.78 is 2.03. The number of benzene rings is 1. The predicted octanol–water partition coefficient (Wildman–Crippen LogP) is 3.58. The molecule has 0 atom stereocenters. The molecule has 23 heavy (non-hydrogen) atoms. The molecular weight excluding hydrogens is 286 g/mol. The Bertz CT molecular complexity index is 843. The third-order valence-electron chi connectivity index (χ3n) is 3.56. The van der Waals surface area contributed by atoms with Gasteiger partial charge < -0.3 is 4.57 Å². The minimum atomic E-state index is 0.579. The zero-order valence-corrected chi connectivity index (χ0v) is 12.8. The van der Waals surface area contributed by atoms with Crippen molar-refractivity contribution in [1.82, 2.24) is 19.5 Å². The van der Waals surface area contributed by atoms with Crippen LogP contribution in [0, 0.1) is 11.3 Å². The van der Waals surface area contributed by atoms with Crippen molar-refractivity contribution in [2.45, 2.75) is 25.8 Å². The van der Waals surface area contributed by atoms with Crippen molar-refractivity contribution < 1.29 is 0 Å². The standard InChI is InChI=1S/C18H17N5/c19-11-7-2-1-6-10-16-17-18(21-13-20-16)23(14-22-17)12-15-8-4-3-5-9-15/h3-6,8-10,13-14H,1-2,7,12H2/b10-6+. The average Bonchev–Trinajstić information content (AvgIpc) is 2.99. The van der Waals surface area contributed by atoms with Crippen molar-refractivity contribution in [1.29, 1.82) is 5.26 Å². The third kappa shape index (κ3) is 3.61. The summed E-state index contributed by atoms with van der Waals surface area (Å²) in [5.74, 6) is 0. The molecule has 0 radical (unpaired) electrons. The van der Waals surface area contributed by atoms with Crippen LogP contribution in [-0.2, 0) is 6.54 Å². The smallest absolute Gasteiger partial charge is 0.164 e. The summed E-state index contributed by atoms with van der Waals surface area (Å²) in [5, 5.41) is 8.54. The number of aromatic nitrogens is 4. The van der Waals surface area contributed by atoms with Crippen molar-refractivity contribution in [3.05, 3.63) is 60.3 Å². The molecule has 0 N–H and O–H groups in total. The van der Waals surface area contributed by atoms with Crippen LogP contribution in [0.15, 0.2) is 49.1 Å². The van der Waals surface area contributed by atoms with Gasteiger partial charge in [0.15, 0.2) is 5.65 Å². The second-order valence-electron chi connectivity index (χ2n) is 5.24. The fourth-order valence-electron chi connectivity index (χ4n) is 2.41. The van der Waals surface area contributed by atoms with Gasteiger partial charge in [-0.3, -0.25) is 0 Å². The Morgan fingerprint density at radius 2 is 2.00 bits per heavy atom. The van der Waals surface area contributed by atoms with Crippen molar-refractivity contribution in [3.8, 4) is 6.07 Å². The third-order valence-corrected chi connectivity index (χ3v) is 3.56. The van der Waals surface area contributed by atoms with Crippen LogP contribution in [0.25, 0.3) is 17.2 Å². The van der Waals surface area contributed by atoms with Gasteiger partial charge in [0.1, 0.15) is 11.8 Å². The molecule has 0 fully saturated rings. The first-order valence-corrected chi connectivity index (χ1v) is 7.62. The molecule has 2 aromatic heterocycles. The highest BCUT2D eigenvalue weighted by Gasteiger charge is 2.08. The van der Waals surface area contributed by atoms with Crippen LogP contribution in [0.4, 0.5) is 0 Å². The molecule has 114 valence electrons. The maximum absolute atomic E-state index is 8.54. The molecule has 0 spiro atoms. The monoisotopic (exact) mass is 303 g/mol. The van der Waals surface area contributed by atoms with Gasteiger partial charge in [0.05, 0.1) is 24.6 Å². The molecule has 0 aliphatic rings. The van der Waals surface area contributed by atoms with Gasteiger partial charge in [-0.25, -0.2) is 15.0 Å². The van der Waals surface area contributed by atoms with E-state index < -0.39 is 0 Å². The number of fused-ring (bicyclic) bond motifs is 1. The van der Waals surface area contributed by atoms with Gasteiger partial charge in [-0.2, -0.15) is 5.26 Å². The van der Waals surface area contributed by atoms with Gasteiger partial charge >= 0.3 is 0 Å². The van der Waals surface area contributed by atoms with Gasteiger partial charge in [-0.15, -0.1) is 0 Å². The number of unbranched alkanes of at least 4 members (excludes halogenated alkanes) is 2. The van der Waals surface area contributed by atoms with E-state index in [1.807, 2.05) is 34.9 Å². The largest absolute Gasteiger partial charge is 0.311 e. The molecule has 5 heteroatoms. The summed E-state index contributed by atoms with van der Waals surface area (Å²) in [6.07, 6.45) is 9.68. The molecule has 0 saturated heterocycles. The Morgan fingerprint density at radius 3 is 2.83 bits per heavy atom. The summed E-state index contributed by atoms with van der Waals surface area (Å²) in [7, 11) is 0. The number of nitrogens with zero attached hydrogens (tertiary/aromatic N) is 5. The topological polar surface area (TPSA) is 67.4 Å². The maximum Gasteiger partial charge on any atom is 0.164 e. The second-order valence-corrected chi connectivity index (χ2v) is 5.24. The quantitative estimate of drug-likeness (QED) is 0.653. The summed E-state index contributed by atoms with van der Waals surface area (Å²) in [4.78, 5) is 13.1. The number of hydrogen-bond acceptors (Lipinski definition) is 4. The molecule has 0 bridgehead atoms. The summed E-state index contributed by atoms with van der Waals surface area (Å²) in [6, 6.07) is 12.4. The lowest BCUT2D eigenvalue weighted by Crippen LogP contribution is -1.99. The van der Waals surface area contributed by atoms with E-state index in [0.717, 1.165) is 36.2 Å². The first kappa shape index (κ1) is 14.9. The van der Waals surface area contributed by atoms with E-state index >= 15 is 0 Å². The number of nitriles is 1. The van der Waals surface area contributed by atoms with E-state index in [-0.39, 0.29) is 0 Å². The number of imidazole rings is 1. The molecule has 0 saturated carbocycles. The van der Waals surface area contributed by atoms with E-state index in [9.17, 15) is 0 Å². The molecule has 0 unspecified atom stereocenters. The van der Waals surface area contributed by atoms with Crippen LogP contribution in [0.2, 0.25) is 0 Å². The SMILES string of the molecule is N#CCCC/C=C/c1ncnc2c1ncn2Cc1ccccc1. The average molecular weight is 303 g/mol. The molecule has 2 heterocycles. The summed E-state index contributed by atoms with van der Waals surface area (Å²) in [6.45, 7) is 0.736. The van der Waals surface area contributed by atoms with Crippen molar-refractivity contribution in [3.63, 3.8) is 0 Å². The summed E-state index contributed by atoms with van der Waals surface area (Å²) in [5.41, 5.74) is 3.67. The van der Waals surface area contributed by atoms with Crippen LogP contribution in [0.1, 0.15) is 30.5 Å². The Kier molecular flexibility index (Phi) is 4.75. The molecule has 0 amide bonds. The number of hydrogen-bond donors (Lipinski definition) is 0. The fourth-order valence-corrected chi connectivity index (χ4v) is 2.41. The summed E-state index contributed by atoms with van der Waals surface area (Å²) >= 11 is 0. The lowest BCUT2D eigenvalue weighted by atomic mass is 10.2.